The van der Waals surface area contributed by atoms with E-state index in [1.54, 1.807) is 0 Å². The van der Waals surface area contributed by atoms with Crippen molar-refractivity contribution in [2.24, 2.45) is 0 Å². The number of hydrogen-bond donors (Lipinski definition) is 0. The van der Waals surface area contributed by atoms with Crippen LogP contribution in [0.25, 0.3) is 0 Å². The van der Waals surface area contributed by atoms with Gasteiger partial charge in [-0.15, -0.1) is 6.42 Å². The van der Waals surface area contributed by atoms with Gasteiger partial charge in [0.1, 0.15) is 0 Å². The Kier molecular flexibility index (Phi) is 2.07. The van der Waals surface area contributed by atoms with Gasteiger partial charge in [-0.25, -0.2) is 4.98 Å². The highest BCUT2D eigenvalue weighted by Gasteiger charge is 2.06. The largest absolute Gasteiger partial charge is 0.479 e. The fraction of sp³-hybridized carbons (Fsp3) is 0.125. The van der Waals surface area contributed by atoms with Crippen molar-refractivity contribution in [3.8, 4) is 18.2 Å². The minimum absolute atomic E-state index is 0.0690. The van der Waals surface area contributed by atoms with Crippen LogP contribution in [-0.4, -0.2) is 12.1 Å². The van der Waals surface area contributed by atoms with Crippen LogP contribution in [0.15, 0.2) is 12.3 Å². The first kappa shape index (κ1) is 7.55. The lowest BCUT2D eigenvalue weighted by atomic mass is 10.3. The molecular weight excluding hydrogens is 145 g/mol. The van der Waals surface area contributed by atoms with Gasteiger partial charge < -0.3 is 4.74 Å². The van der Waals surface area contributed by atoms with Crippen molar-refractivity contribution >= 4 is 0 Å². The van der Waals surface area contributed by atoms with Gasteiger partial charge in [0.2, 0.25) is 5.82 Å². The number of nitrogens with zero attached hydrogens (tertiary/aromatic N) is 1. The molecular formula is C8H6FNO. The molecule has 0 radical (unpaired) electrons. The molecule has 0 aromatic carbocycles. The number of hydrogen-bond acceptors (Lipinski definition) is 2. The summed E-state index contributed by atoms with van der Waals surface area (Å²) in [6.07, 6.45) is 6.40. The summed E-state index contributed by atoms with van der Waals surface area (Å²) in [5.41, 5.74) is 0.164. The zero-order chi connectivity index (χ0) is 8.27. The Morgan fingerprint density at radius 1 is 1.73 bits per heavy atom. The van der Waals surface area contributed by atoms with Crippen molar-refractivity contribution in [1.29, 1.82) is 0 Å². The molecule has 0 bridgehead atoms. The Hall–Kier alpha value is -1.56. The Balaban J connectivity index is 3.23. The maximum Gasteiger partial charge on any atom is 0.251 e. The third-order valence-electron chi connectivity index (χ3n) is 1.21. The fourth-order valence-electron chi connectivity index (χ4n) is 0.678. The highest BCUT2D eigenvalue weighted by atomic mass is 19.1. The summed E-state index contributed by atoms with van der Waals surface area (Å²) in [5, 5.41) is 0. The molecule has 2 nitrogen and oxygen atoms in total. The Bertz CT molecular complexity index is 303. The van der Waals surface area contributed by atoms with E-state index < -0.39 is 5.82 Å². The second-order valence-electron chi connectivity index (χ2n) is 1.83. The lowest BCUT2D eigenvalue weighted by Gasteiger charge is -1.99. The quantitative estimate of drug-likeness (QED) is 0.563. The molecule has 0 spiro atoms. The first-order chi connectivity index (χ1) is 5.29. The van der Waals surface area contributed by atoms with Crippen LogP contribution in [-0.2, 0) is 0 Å². The molecule has 0 amide bonds. The van der Waals surface area contributed by atoms with Crippen molar-refractivity contribution in [3.05, 3.63) is 23.6 Å². The lowest BCUT2D eigenvalue weighted by molar-refractivity contribution is 0.368. The van der Waals surface area contributed by atoms with Gasteiger partial charge in [-0.05, 0) is 6.07 Å². The molecule has 1 heterocycles. The molecule has 1 aromatic rings. The SMILES string of the molecule is C#Cc1ccnc(OC)c1F. The number of terminal acetylenes is 1. The van der Waals surface area contributed by atoms with Crippen molar-refractivity contribution < 1.29 is 9.13 Å². The molecule has 0 atom stereocenters. The summed E-state index contributed by atoms with van der Waals surface area (Å²) in [6.45, 7) is 0. The predicted octanol–water partition coefficient (Wildman–Crippen LogP) is 1.21. The molecule has 0 N–H and O–H groups in total. The average molecular weight is 151 g/mol. The van der Waals surface area contributed by atoms with E-state index in [9.17, 15) is 4.39 Å². The smallest absolute Gasteiger partial charge is 0.251 e. The van der Waals surface area contributed by atoms with E-state index in [1.165, 1.54) is 19.4 Å². The number of aromatic nitrogens is 1. The normalized spacial score (nSPS) is 8.82. The summed E-state index contributed by atoms with van der Waals surface area (Å²) < 4.78 is 17.5. The highest BCUT2D eigenvalue weighted by molar-refractivity contribution is 5.36. The number of pyridine rings is 1. The molecule has 11 heavy (non-hydrogen) atoms. The Morgan fingerprint density at radius 3 is 3.00 bits per heavy atom. The van der Waals surface area contributed by atoms with E-state index in [1.807, 2.05) is 0 Å². The van der Waals surface area contributed by atoms with Crippen molar-refractivity contribution in [2.45, 2.75) is 0 Å². The Labute approximate surface area is 64.0 Å². The molecule has 0 saturated heterocycles. The average Bonchev–Trinajstić information content (AvgIpc) is 2.05. The molecule has 0 unspecified atom stereocenters. The summed E-state index contributed by atoms with van der Waals surface area (Å²) in [4.78, 5) is 3.61. The Morgan fingerprint density at radius 2 is 2.45 bits per heavy atom. The molecule has 0 aliphatic carbocycles. The molecule has 3 heteroatoms. The summed E-state index contributed by atoms with van der Waals surface area (Å²) in [6, 6.07) is 1.41. The zero-order valence-electron chi connectivity index (χ0n) is 5.97. The summed E-state index contributed by atoms with van der Waals surface area (Å²) in [7, 11) is 1.34. The molecule has 0 aliphatic rings. The number of methoxy groups -OCH3 is 1. The molecule has 1 aromatic heterocycles. The van der Waals surface area contributed by atoms with E-state index in [0.717, 1.165) is 0 Å². The first-order valence-electron chi connectivity index (χ1n) is 2.94. The van der Waals surface area contributed by atoms with Crippen LogP contribution in [0.4, 0.5) is 4.39 Å². The standard InChI is InChI=1S/C8H6FNO/c1-3-6-4-5-10-8(11-2)7(6)9/h1,4-5H,2H3. The van der Waals surface area contributed by atoms with Crippen LogP contribution in [0.3, 0.4) is 0 Å². The van der Waals surface area contributed by atoms with Crippen LogP contribution in [0.2, 0.25) is 0 Å². The van der Waals surface area contributed by atoms with Crippen LogP contribution < -0.4 is 4.74 Å². The minimum Gasteiger partial charge on any atom is -0.479 e. The van der Waals surface area contributed by atoms with Crippen LogP contribution in [0, 0.1) is 18.2 Å². The maximum atomic E-state index is 12.9. The molecule has 0 fully saturated rings. The molecule has 0 aliphatic heterocycles. The van der Waals surface area contributed by atoms with Gasteiger partial charge in [-0.3, -0.25) is 0 Å². The van der Waals surface area contributed by atoms with Gasteiger partial charge >= 0.3 is 0 Å². The van der Waals surface area contributed by atoms with E-state index >= 15 is 0 Å². The van der Waals surface area contributed by atoms with Crippen molar-refractivity contribution in [3.63, 3.8) is 0 Å². The van der Waals surface area contributed by atoms with E-state index in [-0.39, 0.29) is 11.4 Å². The maximum absolute atomic E-state index is 12.9. The van der Waals surface area contributed by atoms with Crippen LogP contribution in [0.1, 0.15) is 5.56 Å². The van der Waals surface area contributed by atoms with Crippen LogP contribution in [0.5, 0.6) is 5.88 Å². The van der Waals surface area contributed by atoms with Crippen molar-refractivity contribution in [1.82, 2.24) is 4.98 Å². The number of halogens is 1. The van der Waals surface area contributed by atoms with Gasteiger partial charge in [0.05, 0.1) is 12.7 Å². The van der Waals surface area contributed by atoms with Gasteiger partial charge in [0.25, 0.3) is 5.88 Å². The third kappa shape index (κ3) is 1.30. The van der Waals surface area contributed by atoms with Gasteiger partial charge in [-0.2, -0.15) is 4.39 Å². The second kappa shape index (κ2) is 3.02. The summed E-state index contributed by atoms with van der Waals surface area (Å²) in [5.74, 6) is 1.52. The number of rotatable bonds is 1. The first-order valence-corrected chi connectivity index (χ1v) is 2.94. The second-order valence-corrected chi connectivity index (χ2v) is 1.83. The third-order valence-corrected chi connectivity index (χ3v) is 1.21. The van der Waals surface area contributed by atoms with E-state index in [0.29, 0.717) is 0 Å². The van der Waals surface area contributed by atoms with Crippen LogP contribution >= 0.6 is 0 Å². The minimum atomic E-state index is -0.586. The molecule has 0 saturated carbocycles. The predicted molar refractivity (Wildman–Crippen MR) is 38.7 cm³/mol. The van der Waals surface area contributed by atoms with Crippen molar-refractivity contribution in [2.75, 3.05) is 7.11 Å². The van der Waals surface area contributed by atoms with E-state index in [2.05, 4.69) is 15.6 Å². The molecule has 56 valence electrons. The summed E-state index contributed by atoms with van der Waals surface area (Å²) >= 11 is 0. The zero-order valence-corrected chi connectivity index (χ0v) is 5.97. The number of ether oxygens (including phenoxy) is 1. The highest BCUT2D eigenvalue weighted by Crippen LogP contribution is 2.14. The van der Waals surface area contributed by atoms with Gasteiger partial charge in [0, 0.05) is 6.20 Å². The monoisotopic (exact) mass is 151 g/mol. The van der Waals surface area contributed by atoms with Gasteiger partial charge in [-0.1, -0.05) is 5.92 Å². The lowest BCUT2D eigenvalue weighted by Crippen LogP contribution is -1.93. The van der Waals surface area contributed by atoms with Gasteiger partial charge in [0.15, 0.2) is 0 Å². The topological polar surface area (TPSA) is 22.1 Å². The fourth-order valence-corrected chi connectivity index (χ4v) is 0.678. The molecule has 1 rings (SSSR count). The van der Waals surface area contributed by atoms with E-state index in [4.69, 9.17) is 6.42 Å².